The molecule has 0 aromatic heterocycles. The van der Waals surface area contributed by atoms with Crippen LogP contribution in [0, 0.1) is 0 Å². The monoisotopic (exact) mass is 278 g/mol. The van der Waals surface area contributed by atoms with Crippen molar-refractivity contribution in [3.05, 3.63) is 29.8 Å². The summed E-state index contributed by atoms with van der Waals surface area (Å²) >= 11 is 0. The van der Waals surface area contributed by atoms with Crippen LogP contribution in [0.25, 0.3) is 0 Å². The van der Waals surface area contributed by atoms with E-state index in [2.05, 4.69) is 36.2 Å². The molecule has 1 heterocycles. The Morgan fingerprint density at radius 3 is 2.75 bits per heavy atom. The normalized spacial score (nSPS) is 19.6. The van der Waals surface area contributed by atoms with Gasteiger partial charge in [-0.25, -0.2) is 0 Å². The van der Waals surface area contributed by atoms with Crippen molar-refractivity contribution in [2.75, 3.05) is 40.0 Å². The zero-order chi connectivity index (χ0) is 14.4. The van der Waals surface area contributed by atoms with Crippen molar-refractivity contribution in [2.24, 2.45) is 0 Å². The molecule has 4 nitrogen and oxygen atoms in total. The van der Waals surface area contributed by atoms with Gasteiger partial charge < -0.3 is 14.8 Å². The summed E-state index contributed by atoms with van der Waals surface area (Å²) in [7, 11) is 1.71. The van der Waals surface area contributed by atoms with Gasteiger partial charge in [0, 0.05) is 31.7 Å². The first-order valence-corrected chi connectivity index (χ1v) is 7.39. The Morgan fingerprint density at radius 2 is 2.05 bits per heavy atom. The molecule has 1 aliphatic heterocycles. The van der Waals surface area contributed by atoms with E-state index in [0.29, 0.717) is 12.1 Å². The van der Waals surface area contributed by atoms with Crippen LogP contribution in [-0.2, 0) is 4.74 Å². The van der Waals surface area contributed by atoms with E-state index in [0.717, 1.165) is 38.6 Å². The fraction of sp³-hybridized carbons (Fsp3) is 0.625. The molecule has 0 radical (unpaired) electrons. The van der Waals surface area contributed by atoms with Crippen LogP contribution in [0.4, 0.5) is 0 Å². The van der Waals surface area contributed by atoms with Crippen molar-refractivity contribution < 1.29 is 9.47 Å². The summed E-state index contributed by atoms with van der Waals surface area (Å²) in [6.45, 7) is 9.31. The fourth-order valence-corrected chi connectivity index (χ4v) is 2.66. The number of nitrogens with one attached hydrogen (secondary N) is 1. The lowest BCUT2D eigenvalue weighted by molar-refractivity contribution is 0.0339. The third-order valence-electron chi connectivity index (χ3n) is 3.76. The van der Waals surface area contributed by atoms with Crippen LogP contribution in [0.3, 0.4) is 0 Å². The summed E-state index contributed by atoms with van der Waals surface area (Å²) in [6, 6.07) is 9.03. The van der Waals surface area contributed by atoms with Crippen molar-refractivity contribution >= 4 is 0 Å². The van der Waals surface area contributed by atoms with Gasteiger partial charge in [0.2, 0.25) is 0 Å². The largest absolute Gasteiger partial charge is 0.497 e. The van der Waals surface area contributed by atoms with Gasteiger partial charge in [-0.3, -0.25) is 4.90 Å². The molecule has 2 rings (SSSR count). The Labute approximate surface area is 122 Å². The van der Waals surface area contributed by atoms with Crippen LogP contribution in [0.5, 0.6) is 5.75 Å². The number of methoxy groups -OCH3 is 1. The van der Waals surface area contributed by atoms with Gasteiger partial charge in [-0.1, -0.05) is 12.1 Å². The van der Waals surface area contributed by atoms with E-state index < -0.39 is 0 Å². The summed E-state index contributed by atoms with van der Waals surface area (Å²) < 4.78 is 10.7. The molecule has 1 N–H and O–H groups in total. The summed E-state index contributed by atoms with van der Waals surface area (Å²) in [5.74, 6) is 0.914. The van der Waals surface area contributed by atoms with Crippen LogP contribution in [0.15, 0.2) is 24.3 Å². The van der Waals surface area contributed by atoms with Gasteiger partial charge in [-0.2, -0.15) is 0 Å². The molecule has 1 aliphatic rings. The Balaban J connectivity index is 1.84. The minimum Gasteiger partial charge on any atom is -0.497 e. The molecule has 0 bridgehead atoms. The van der Waals surface area contributed by atoms with E-state index in [4.69, 9.17) is 9.47 Å². The lowest BCUT2D eigenvalue weighted by Gasteiger charge is -2.30. The highest BCUT2D eigenvalue weighted by atomic mass is 16.5. The first-order valence-electron chi connectivity index (χ1n) is 7.39. The van der Waals surface area contributed by atoms with Gasteiger partial charge in [0.25, 0.3) is 0 Å². The molecular weight excluding hydrogens is 252 g/mol. The van der Waals surface area contributed by atoms with Crippen molar-refractivity contribution in [3.8, 4) is 5.75 Å². The molecule has 2 unspecified atom stereocenters. The average Bonchev–Trinajstić information content (AvgIpc) is 2.48. The fourth-order valence-electron chi connectivity index (χ4n) is 2.66. The van der Waals surface area contributed by atoms with Gasteiger partial charge in [-0.05, 0) is 31.5 Å². The highest BCUT2D eigenvalue weighted by Crippen LogP contribution is 2.19. The number of nitrogens with zero attached hydrogens (tertiary/aromatic N) is 1. The standard InChI is InChI=1S/C16H26N2O2/c1-13(12-18-7-9-20-10-8-18)17-14(2)15-5-4-6-16(11-15)19-3/h4-6,11,13-14,17H,7-10,12H2,1-3H3. The zero-order valence-electron chi connectivity index (χ0n) is 12.8. The maximum atomic E-state index is 5.38. The SMILES string of the molecule is COc1cccc(C(C)NC(C)CN2CCOCC2)c1. The maximum Gasteiger partial charge on any atom is 0.119 e. The number of morpholine rings is 1. The molecule has 1 aromatic rings. The average molecular weight is 278 g/mol. The molecule has 1 aromatic carbocycles. The van der Waals surface area contributed by atoms with Crippen molar-refractivity contribution in [2.45, 2.75) is 25.9 Å². The number of hydrogen-bond donors (Lipinski definition) is 1. The molecule has 112 valence electrons. The maximum absolute atomic E-state index is 5.38. The Bertz CT molecular complexity index is 405. The van der Waals surface area contributed by atoms with E-state index >= 15 is 0 Å². The third kappa shape index (κ3) is 4.47. The molecule has 1 fully saturated rings. The number of rotatable bonds is 6. The summed E-state index contributed by atoms with van der Waals surface area (Å²) in [5.41, 5.74) is 1.26. The van der Waals surface area contributed by atoms with Crippen LogP contribution in [0.2, 0.25) is 0 Å². The van der Waals surface area contributed by atoms with Crippen molar-refractivity contribution in [1.82, 2.24) is 10.2 Å². The molecule has 2 atom stereocenters. The number of hydrogen-bond acceptors (Lipinski definition) is 4. The molecular formula is C16H26N2O2. The first-order chi connectivity index (χ1) is 9.69. The highest BCUT2D eigenvalue weighted by Gasteiger charge is 2.15. The molecule has 1 saturated heterocycles. The summed E-state index contributed by atoms with van der Waals surface area (Å²) in [5, 5.41) is 3.66. The number of ether oxygens (including phenoxy) is 2. The minimum absolute atomic E-state index is 0.321. The predicted molar refractivity (Wildman–Crippen MR) is 81.3 cm³/mol. The van der Waals surface area contributed by atoms with Crippen LogP contribution in [-0.4, -0.2) is 50.9 Å². The van der Waals surface area contributed by atoms with E-state index in [1.54, 1.807) is 7.11 Å². The van der Waals surface area contributed by atoms with Gasteiger partial charge in [0.05, 0.1) is 20.3 Å². The smallest absolute Gasteiger partial charge is 0.119 e. The lowest BCUT2D eigenvalue weighted by atomic mass is 10.1. The quantitative estimate of drug-likeness (QED) is 0.863. The van der Waals surface area contributed by atoms with Gasteiger partial charge in [0.1, 0.15) is 5.75 Å². The zero-order valence-corrected chi connectivity index (χ0v) is 12.8. The van der Waals surface area contributed by atoms with Gasteiger partial charge >= 0.3 is 0 Å². The molecule has 0 aliphatic carbocycles. The van der Waals surface area contributed by atoms with Crippen LogP contribution >= 0.6 is 0 Å². The molecule has 0 saturated carbocycles. The lowest BCUT2D eigenvalue weighted by Crippen LogP contribution is -2.44. The van der Waals surface area contributed by atoms with Crippen molar-refractivity contribution in [1.29, 1.82) is 0 Å². The first kappa shape index (κ1) is 15.3. The summed E-state index contributed by atoms with van der Waals surface area (Å²) in [4.78, 5) is 2.46. The van der Waals surface area contributed by atoms with E-state index in [-0.39, 0.29) is 0 Å². The Morgan fingerprint density at radius 1 is 1.30 bits per heavy atom. The van der Waals surface area contributed by atoms with Crippen LogP contribution < -0.4 is 10.1 Å². The third-order valence-corrected chi connectivity index (χ3v) is 3.76. The Kier molecular flexibility index (Phi) is 5.83. The molecule has 20 heavy (non-hydrogen) atoms. The minimum atomic E-state index is 0.321. The topological polar surface area (TPSA) is 33.7 Å². The van der Waals surface area contributed by atoms with Crippen LogP contribution in [0.1, 0.15) is 25.5 Å². The molecule has 0 amide bonds. The van der Waals surface area contributed by atoms with E-state index in [9.17, 15) is 0 Å². The molecule has 4 heteroatoms. The van der Waals surface area contributed by atoms with Gasteiger partial charge in [-0.15, -0.1) is 0 Å². The second-order valence-electron chi connectivity index (χ2n) is 5.48. The summed E-state index contributed by atoms with van der Waals surface area (Å²) in [6.07, 6.45) is 0. The molecule has 0 spiro atoms. The van der Waals surface area contributed by atoms with Crippen molar-refractivity contribution in [3.63, 3.8) is 0 Å². The second kappa shape index (κ2) is 7.62. The highest BCUT2D eigenvalue weighted by molar-refractivity contribution is 5.30. The Hall–Kier alpha value is -1.10. The van der Waals surface area contributed by atoms with E-state index in [1.165, 1.54) is 5.56 Å². The predicted octanol–water partition coefficient (Wildman–Crippen LogP) is 2.07. The van der Waals surface area contributed by atoms with E-state index in [1.807, 2.05) is 12.1 Å². The number of benzene rings is 1. The van der Waals surface area contributed by atoms with Gasteiger partial charge in [0.15, 0.2) is 0 Å². The second-order valence-corrected chi connectivity index (χ2v) is 5.48.